The Morgan fingerprint density at radius 1 is 1.50 bits per heavy atom. The van der Waals surface area contributed by atoms with E-state index in [0.29, 0.717) is 17.2 Å². The summed E-state index contributed by atoms with van der Waals surface area (Å²) in [5.74, 6) is 6.25. The van der Waals surface area contributed by atoms with Gasteiger partial charge in [-0.15, -0.1) is 0 Å². The number of halogens is 2. The van der Waals surface area contributed by atoms with Gasteiger partial charge in [-0.2, -0.15) is 11.8 Å². The number of nitrogens with two attached hydrogens (primary N) is 1. The first-order valence-corrected chi connectivity index (χ1v) is 7.92. The average molecular weight is 335 g/mol. The lowest BCUT2D eigenvalue weighted by molar-refractivity contribution is 0.546. The largest absolute Gasteiger partial charge is 0.271 e. The number of hydrogen-bond donors (Lipinski definition) is 2. The highest BCUT2D eigenvalue weighted by molar-refractivity contribution is 9.10. The molecule has 5 heteroatoms. The third-order valence-electron chi connectivity index (χ3n) is 2.87. The van der Waals surface area contributed by atoms with Crippen LogP contribution in [0.4, 0.5) is 4.39 Å². The summed E-state index contributed by atoms with van der Waals surface area (Å²) in [4.78, 5) is 0. The Labute approximate surface area is 121 Å². The Hall–Kier alpha value is -0.100. The minimum Gasteiger partial charge on any atom is -0.271 e. The molecule has 2 atom stereocenters. The second kappa shape index (κ2) is 8.15. The maximum absolute atomic E-state index is 13.6. The predicted octanol–water partition coefficient (Wildman–Crippen LogP) is 3.49. The summed E-state index contributed by atoms with van der Waals surface area (Å²) in [5.41, 5.74) is 3.47. The van der Waals surface area contributed by atoms with Crippen LogP contribution in [0.2, 0.25) is 0 Å². The molecule has 0 aromatic heterocycles. The third-order valence-corrected chi connectivity index (χ3v) is 4.86. The summed E-state index contributed by atoms with van der Waals surface area (Å²) in [6.45, 7) is 4.36. The molecule has 0 aliphatic heterocycles. The summed E-state index contributed by atoms with van der Waals surface area (Å²) in [6, 6.07) is 5.09. The second-order valence-corrected chi connectivity index (χ2v) is 6.74. The van der Waals surface area contributed by atoms with Crippen LogP contribution in [0.5, 0.6) is 0 Å². The van der Waals surface area contributed by atoms with Crippen LogP contribution in [-0.4, -0.2) is 17.0 Å². The summed E-state index contributed by atoms with van der Waals surface area (Å²) in [6.07, 6.45) is 1.73. The molecule has 1 aromatic rings. The van der Waals surface area contributed by atoms with Gasteiger partial charge in [-0.1, -0.05) is 29.8 Å². The van der Waals surface area contributed by atoms with Crippen LogP contribution >= 0.6 is 27.7 Å². The first-order chi connectivity index (χ1) is 8.56. The SMILES string of the molecule is CCC(C)SCC(Cc1cc(Br)ccc1F)NN. The number of benzene rings is 1. The molecule has 102 valence electrons. The lowest BCUT2D eigenvalue weighted by Crippen LogP contribution is -2.39. The van der Waals surface area contributed by atoms with E-state index in [9.17, 15) is 4.39 Å². The van der Waals surface area contributed by atoms with Crippen molar-refractivity contribution >= 4 is 27.7 Å². The maximum atomic E-state index is 13.6. The zero-order valence-corrected chi connectivity index (χ0v) is 13.2. The van der Waals surface area contributed by atoms with Gasteiger partial charge in [0, 0.05) is 21.5 Å². The van der Waals surface area contributed by atoms with Crippen molar-refractivity contribution < 1.29 is 4.39 Å². The molecule has 0 heterocycles. The molecule has 0 spiro atoms. The molecule has 1 aromatic carbocycles. The van der Waals surface area contributed by atoms with Crippen molar-refractivity contribution in [3.8, 4) is 0 Å². The fraction of sp³-hybridized carbons (Fsp3) is 0.538. The van der Waals surface area contributed by atoms with Crippen LogP contribution in [0, 0.1) is 5.82 Å². The van der Waals surface area contributed by atoms with Crippen LogP contribution in [0.1, 0.15) is 25.8 Å². The van der Waals surface area contributed by atoms with Crippen molar-refractivity contribution in [2.24, 2.45) is 5.84 Å². The minimum absolute atomic E-state index is 0.0906. The van der Waals surface area contributed by atoms with E-state index < -0.39 is 0 Å². The maximum Gasteiger partial charge on any atom is 0.126 e. The Kier molecular flexibility index (Phi) is 7.22. The molecule has 18 heavy (non-hydrogen) atoms. The molecule has 0 fully saturated rings. The van der Waals surface area contributed by atoms with E-state index in [1.54, 1.807) is 6.07 Å². The van der Waals surface area contributed by atoms with Gasteiger partial charge < -0.3 is 0 Å². The molecule has 0 saturated heterocycles. The van der Waals surface area contributed by atoms with E-state index in [4.69, 9.17) is 5.84 Å². The number of hydrogen-bond acceptors (Lipinski definition) is 3. The Bertz CT molecular complexity index is 376. The lowest BCUT2D eigenvalue weighted by Gasteiger charge is -2.18. The van der Waals surface area contributed by atoms with E-state index >= 15 is 0 Å². The normalized spacial score (nSPS) is 14.5. The van der Waals surface area contributed by atoms with E-state index in [2.05, 4.69) is 35.2 Å². The van der Waals surface area contributed by atoms with E-state index in [1.807, 2.05) is 17.8 Å². The van der Waals surface area contributed by atoms with Gasteiger partial charge >= 0.3 is 0 Å². The van der Waals surface area contributed by atoms with Crippen molar-refractivity contribution in [2.75, 3.05) is 5.75 Å². The highest BCUT2D eigenvalue weighted by Crippen LogP contribution is 2.20. The first-order valence-electron chi connectivity index (χ1n) is 6.08. The Morgan fingerprint density at radius 2 is 2.22 bits per heavy atom. The van der Waals surface area contributed by atoms with Gasteiger partial charge in [-0.25, -0.2) is 4.39 Å². The molecule has 0 aliphatic rings. The van der Waals surface area contributed by atoms with Gasteiger partial charge in [0.15, 0.2) is 0 Å². The van der Waals surface area contributed by atoms with Gasteiger partial charge in [0.25, 0.3) is 0 Å². The van der Waals surface area contributed by atoms with Crippen molar-refractivity contribution in [2.45, 2.75) is 38.0 Å². The summed E-state index contributed by atoms with van der Waals surface area (Å²) in [5, 5.41) is 0.605. The standard InChI is InChI=1S/C13H20BrFN2S/c1-3-9(2)18-8-12(17-16)7-10-6-11(14)4-5-13(10)15/h4-6,9,12,17H,3,7-8,16H2,1-2H3. The van der Waals surface area contributed by atoms with Crippen LogP contribution in [-0.2, 0) is 6.42 Å². The van der Waals surface area contributed by atoms with Crippen molar-refractivity contribution in [1.29, 1.82) is 0 Å². The highest BCUT2D eigenvalue weighted by atomic mass is 79.9. The summed E-state index contributed by atoms with van der Waals surface area (Å²) < 4.78 is 14.5. The Morgan fingerprint density at radius 3 is 2.83 bits per heavy atom. The first kappa shape index (κ1) is 16.0. The molecule has 0 saturated carbocycles. The van der Waals surface area contributed by atoms with E-state index in [0.717, 1.165) is 16.6 Å². The van der Waals surface area contributed by atoms with Gasteiger partial charge in [-0.3, -0.25) is 11.3 Å². The summed E-state index contributed by atoms with van der Waals surface area (Å²) >= 11 is 5.22. The molecule has 0 radical (unpaired) electrons. The molecule has 0 amide bonds. The smallest absolute Gasteiger partial charge is 0.126 e. The third kappa shape index (κ3) is 5.26. The molecular formula is C13H20BrFN2S. The van der Waals surface area contributed by atoms with Gasteiger partial charge in [-0.05, 0) is 36.6 Å². The lowest BCUT2D eigenvalue weighted by atomic mass is 10.1. The molecule has 3 N–H and O–H groups in total. The number of rotatable bonds is 7. The quantitative estimate of drug-likeness (QED) is 0.592. The molecular weight excluding hydrogens is 315 g/mol. The van der Waals surface area contributed by atoms with Gasteiger partial charge in [0.05, 0.1) is 0 Å². The molecule has 1 rings (SSSR count). The zero-order chi connectivity index (χ0) is 13.5. The van der Waals surface area contributed by atoms with Crippen molar-refractivity contribution in [3.63, 3.8) is 0 Å². The van der Waals surface area contributed by atoms with E-state index in [-0.39, 0.29) is 11.9 Å². The number of nitrogens with one attached hydrogen (secondary N) is 1. The summed E-state index contributed by atoms with van der Waals surface area (Å²) in [7, 11) is 0. The number of hydrazine groups is 1. The van der Waals surface area contributed by atoms with Crippen LogP contribution < -0.4 is 11.3 Å². The number of thioether (sulfide) groups is 1. The second-order valence-electron chi connectivity index (χ2n) is 4.36. The molecule has 0 bridgehead atoms. The highest BCUT2D eigenvalue weighted by Gasteiger charge is 2.13. The fourth-order valence-corrected chi connectivity index (χ4v) is 2.95. The van der Waals surface area contributed by atoms with Gasteiger partial charge in [0.2, 0.25) is 0 Å². The van der Waals surface area contributed by atoms with Crippen molar-refractivity contribution in [1.82, 2.24) is 5.43 Å². The van der Waals surface area contributed by atoms with Crippen molar-refractivity contribution in [3.05, 3.63) is 34.1 Å². The van der Waals surface area contributed by atoms with Crippen LogP contribution in [0.3, 0.4) is 0 Å². The zero-order valence-electron chi connectivity index (χ0n) is 10.7. The molecule has 0 aliphatic carbocycles. The van der Waals surface area contributed by atoms with Gasteiger partial charge in [0.1, 0.15) is 5.82 Å². The topological polar surface area (TPSA) is 38.0 Å². The Balaban J connectivity index is 2.59. The average Bonchev–Trinajstić information content (AvgIpc) is 2.37. The molecule has 2 nitrogen and oxygen atoms in total. The molecule has 2 unspecified atom stereocenters. The fourth-order valence-electron chi connectivity index (χ4n) is 1.53. The van der Waals surface area contributed by atoms with Crippen LogP contribution in [0.25, 0.3) is 0 Å². The minimum atomic E-state index is -0.174. The van der Waals surface area contributed by atoms with E-state index in [1.165, 1.54) is 6.07 Å². The monoisotopic (exact) mass is 334 g/mol. The predicted molar refractivity (Wildman–Crippen MR) is 81.1 cm³/mol. The van der Waals surface area contributed by atoms with Crippen LogP contribution in [0.15, 0.2) is 22.7 Å².